The average Bonchev–Trinajstić information content (AvgIpc) is 2.96. The van der Waals surface area contributed by atoms with Gasteiger partial charge in [0.15, 0.2) is 0 Å². The lowest BCUT2D eigenvalue weighted by Gasteiger charge is -2.15. The zero-order valence-electron chi connectivity index (χ0n) is 22.3. The standard InChI is InChI=1S/C30H29BrN4O6/c1-20(39-15-16-41-30(38)35-27-8-4-6-22-5-2-3-7-26(22)27)33-29(37)40-14-13-21-9-11-25(12-10-21)34-28(36)23-17-24(31)19-32-18-23/h2-12,17-20H,13-16H2,1H3,(H,33,37)(H,34,36)(H,35,38). The summed E-state index contributed by atoms with van der Waals surface area (Å²) in [7, 11) is 0. The zero-order chi connectivity index (χ0) is 29.0. The third kappa shape index (κ3) is 9.30. The number of hydrogen-bond acceptors (Lipinski definition) is 7. The molecule has 0 saturated heterocycles. The molecule has 0 aliphatic carbocycles. The van der Waals surface area contributed by atoms with Gasteiger partial charge in [0.25, 0.3) is 5.91 Å². The highest BCUT2D eigenvalue weighted by atomic mass is 79.9. The third-order valence-corrected chi connectivity index (χ3v) is 6.27. The van der Waals surface area contributed by atoms with E-state index in [1.165, 1.54) is 6.20 Å². The molecule has 10 nitrogen and oxygen atoms in total. The third-order valence-electron chi connectivity index (χ3n) is 5.83. The maximum Gasteiger partial charge on any atom is 0.411 e. The van der Waals surface area contributed by atoms with Gasteiger partial charge in [-0.1, -0.05) is 48.5 Å². The SMILES string of the molecule is CC(NC(=O)OCCc1ccc(NC(=O)c2cncc(Br)c2)cc1)OCCOC(=O)Nc1cccc2ccccc12. The van der Waals surface area contributed by atoms with Crippen molar-refractivity contribution >= 4 is 56.2 Å². The normalized spacial score (nSPS) is 11.4. The minimum absolute atomic E-state index is 0.00784. The fraction of sp³-hybridized carbons (Fsp3) is 0.200. The molecule has 1 heterocycles. The molecule has 3 amide bonds. The fourth-order valence-corrected chi connectivity index (χ4v) is 4.21. The Morgan fingerprint density at radius 2 is 1.61 bits per heavy atom. The Labute approximate surface area is 245 Å². The van der Waals surface area contributed by atoms with Crippen LogP contribution in [0.2, 0.25) is 0 Å². The Hall–Kier alpha value is -4.48. The number of hydrogen-bond donors (Lipinski definition) is 3. The molecule has 212 valence electrons. The van der Waals surface area contributed by atoms with E-state index >= 15 is 0 Å². The molecule has 0 radical (unpaired) electrons. The van der Waals surface area contributed by atoms with Crippen LogP contribution in [-0.2, 0) is 20.6 Å². The Balaban J connectivity index is 1.09. The molecule has 0 bridgehead atoms. The first-order chi connectivity index (χ1) is 19.9. The lowest BCUT2D eigenvalue weighted by Crippen LogP contribution is -2.36. The quantitative estimate of drug-likeness (QED) is 0.136. The van der Waals surface area contributed by atoms with Gasteiger partial charge in [-0.2, -0.15) is 0 Å². The highest BCUT2D eigenvalue weighted by Gasteiger charge is 2.11. The van der Waals surface area contributed by atoms with E-state index < -0.39 is 18.4 Å². The van der Waals surface area contributed by atoms with E-state index in [1.54, 1.807) is 37.4 Å². The van der Waals surface area contributed by atoms with Crippen molar-refractivity contribution in [3.8, 4) is 0 Å². The number of ether oxygens (including phenoxy) is 3. The number of carbonyl (C=O) groups is 3. The lowest BCUT2D eigenvalue weighted by molar-refractivity contribution is 0.0147. The average molecular weight is 621 g/mol. The van der Waals surface area contributed by atoms with Crippen LogP contribution >= 0.6 is 15.9 Å². The summed E-state index contributed by atoms with van der Waals surface area (Å²) in [4.78, 5) is 40.5. The number of carbonyl (C=O) groups excluding carboxylic acids is 3. The second-order valence-corrected chi connectivity index (χ2v) is 9.79. The van der Waals surface area contributed by atoms with Gasteiger partial charge in [-0.05, 0) is 58.1 Å². The Bertz CT molecular complexity index is 1490. The minimum atomic E-state index is -0.643. The molecule has 3 aromatic carbocycles. The molecule has 0 spiro atoms. The van der Waals surface area contributed by atoms with Crippen LogP contribution in [0.4, 0.5) is 21.0 Å². The van der Waals surface area contributed by atoms with Gasteiger partial charge in [-0.3, -0.25) is 20.4 Å². The van der Waals surface area contributed by atoms with E-state index in [4.69, 9.17) is 14.2 Å². The second-order valence-electron chi connectivity index (χ2n) is 8.87. The highest BCUT2D eigenvalue weighted by molar-refractivity contribution is 9.10. The van der Waals surface area contributed by atoms with Crippen LogP contribution < -0.4 is 16.0 Å². The number of aromatic nitrogens is 1. The first-order valence-corrected chi connectivity index (χ1v) is 13.6. The number of amides is 3. The number of rotatable bonds is 11. The molecule has 3 N–H and O–H groups in total. The maximum atomic E-state index is 12.3. The first-order valence-electron chi connectivity index (χ1n) is 12.8. The van der Waals surface area contributed by atoms with Crippen LogP contribution in [0.15, 0.2) is 89.7 Å². The Kier molecular flexibility index (Phi) is 10.6. The molecule has 1 unspecified atom stereocenters. The molecular formula is C30H29BrN4O6. The van der Waals surface area contributed by atoms with Crippen molar-refractivity contribution in [2.45, 2.75) is 19.6 Å². The van der Waals surface area contributed by atoms with Crippen LogP contribution in [0.5, 0.6) is 0 Å². The predicted molar refractivity (Wildman–Crippen MR) is 159 cm³/mol. The summed E-state index contributed by atoms with van der Waals surface area (Å²) in [5, 5.41) is 10.0. The molecule has 0 saturated carbocycles. The number of nitrogens with one attached hydrogen (secondary N) is 3. The molecule has 0 aliphatic heterocycles. The van der Waals surface area contributed by atoms with Gasteiger partial charge in [-0.15, -0.1) is 0 Å². The number of pyridine rings is 1. The fourth-order valence-electron chi connectivity index (χ4n) is 3.84. The van der Waals surface area contributed by atoms with Gasteiger partial charge in [0.2, 0.25) is 0 Å². The van der Waals surface area contributed by atoms with E-state index in [2.05, 4.69) is 36.9 Å². The number of fused-ring (bicyclic) bond motifs is 1. The number of nitrogens with zero attached hydrogens (tertiary/aromatic N) is 1. The van der Waals surface area contributed by atoms with E-state index in [0.717, 1.165) is 20.8 Å². The summed E-state index contributed by atoms with van der Waals surface area (Å²) in [5.41, 5.74) is 2.67. The number of halogens is 1. The van der Waals surface area contributed by atoms with Crippen LogP contribution in [-0.4, -0.2) is 49.1 Å². The van der Waals surface area contributed by atoms with E-state index in [0.29, 0.717) is 23.4 Å². The number of anilines is 2. The van der Waals surface area contributed by atoms with Gasteiger partial charge in [0.1, 0.15) is 12.8 Å². The minimum Gasteiger partial charge on any atom is -0.449 e. The molecule has 4 rings (SSSR count). The smallest absolute Gasteiger partial charge is 0.411 e. The molecule has 4 aromatic rings. The topological polar surface area (TPSA) is 128 Å². The van der Waals surface area contributed by atoms with Gasteiger partial charge >= 0.3 is 12.2 Å². The molecule has 1 atom stereocenters. The van der Waals surface area contributed by atoms with Gasteiger partial charge in [0.05, 0.1) is 24.5 Å². The molecule has 11 heteroatoms. The molecule has 0 fully saturated rings. The van der Waals surface area contributed by atoms with Gasteiger partial charge in [-0.25, -0.2) is 9.59 Å². The summed E-state index contributed by atoms with van der Waals surface area (Å²) in [6, 6.07) is 22.3. The molecular weight excluding hydrogens is 592 g/mol. The number of benzene rings is 3. The summed E-state index contributed by atoms with van der Waals surface area (Å²) in [5.74, 6) is -0.265. The molecule has 41 heavy (non-hydrogen) atoms. The van der Waals surface area contributed by atoms with Crippen molar-refractivity contribution in [2.24, 2.45) is 0 Å². The zero-order valence-corrected chi connectivity index (χ0v) is 23.8. The molecule has 1 aromatic heterocycles. The van der Waals surface area contributed by atoms with Crippen molar-refractivity contribution in [1.29, 1.82) is 0 Å². The van der Waals surface area contributed by atoms with Crippen LogP contribution in [0.3, 0.4) is 0 Å². The second kappa shape index (κ2) is 14.8. The van der Waals surface area contributed by atoms with Crippen molar-refractivity contribution in [3.05, 3.63) is 101 Å². The van der Waals surface area contributed by atoms with Crippen molar-refractivity contribution in [2.75, 3.05) is 30.5 Å². The maximum absolute atomic E-state index is 12.3. The first kappa shape index (κ1) is 29.5. The van der Waals surface area contributed by atoms with Crippen LogP contribution in [0.1, 0.15) is 22.8 Å². The highest BCUT2D eigenvalue weighted by Crippen LogP contribution is 2.23. The van der Waals surface area contributed by atoms with Gasteiger partial charge < -0.3 is 19.5 Å². The van der Waals surface area contributed by atoms with Crippen molar-refractivity contribution in [3.63, 3.8) is 0 Å². The monoisotopic (exact) mass is 620 g/mol. The van der Waals surface area contributed by atoms with E-state index in [1.807, 2.05) is 48.5 Å². The summed E-state index contributed by atoms with van der Waals surface area (Å²) < 4.78 is 16.6. The van der Waals surface area contributed by atoms with Crippen molar-refractivity contribution in [1.82, 2.24) is 10.3 Å². The summed E-state index contributed by atoms with van der Waals surface area (Å²) in [6.45, 7) is 1.90. The molecule has 0 aliphatic rings. The van der Waals surface area contributed by atoms with Crippen LogP contribution in [0, 0.1) is 0 Å². The van der Waals surface area contributed by atoms with Crippen LogP contribution in [0.25, 0.3) is 10.8 Å². The summed E-state index contributed by atoms with van der Waals surface area (Å²) >= 11 is 3.30. The summed E-state index contributed by atoms with van der Waals surface area (Å²) in [6.07, 6.45) is 1.72. The Morgan fingerprint density at radius 1 is 0.854 bits per heavy atom. The largest absolute Gasteiger partial charge is 0.449 e. The van der Waals surface area contributed by atoms with E-state index in [9.17, 15) is 14.4 Å². The van der Waals surface area contributed by atoms with E-state index in [-0.39, 0.29) is 25.7 Å². The van der Waals surface area contributed by atoms with Crippen molar-refractivity contribution < 1.29 is 28.6 Å². The van der Waals surface area contributed by atoms with Gasteiger partial charge in [0, 0.05) is 34.4 Å². The predicted octanol–water partition coefficient (Wildman–Crippen LogP) is 6.13. The number of alkyl carbamates (subject to hydrolysis) is 1. The Morgan fingerprint density at radius 3 is 2.41 bits per heavy atom. The lowest BCUT2D eigenvalue weighted by atomic mass is 10.1.